The molecular formula is C12H14ClFO4S. The lowest BCUT2D eigenvalue weighted by Gasteiger charge is -2.22. The summed E-state index contributed by atoms with van der Waals surface area (Å²) in [5.74, 6) is -0.353. The van der Waals surface area contributed by atoms with Gasteiger partial charge in [-0.25, -0.2) is 12.8 Å². The van der Waals surface area contributed by atoms with Crippen LogP contribution >= 0.6 is 10.7 Å². The Morgan fingerprint density at radius 3 is 2.63 bits per heavy atom. The van der Waals surface area contributed by atoms with Gasteiger partial charge in [-0.15, -0.1) is 0 Å². The summed E-state index contributed by atoms with van der Waals surface area (Å²) in [4.78, 5) is -0.273. The Kier molecular flexibility index (Phi) is 4.65. The van der Waals surface area contributed by atoms with Gasteiger partial charge in [-0.2, -0.15) is 0 Å². The molecule has 4 nitrogen and oxygen atoms in total. The molecule has 0 saturated carbocycles. The van der Waals surface area contributed by atoms with Gasteiger partial charge < -0.3 is 9.47 Å². The van der Waals surface area contributed by atoms with E-state index in [1.807, 2.05) is 0 Å². The van der Waals surface area contributed by atoms with E-state index in [0.29, 0.717) is 25.7 Å². The maximum Gasteiger partial charge on any atom is 0.261 e. The van der Waals surface area contributed by atoms with E-state index >= 15 is 0 Å². The fraction of sp³-hybridized carbons (Fsp3) is 0.500. The number of halogens is 2. The van der Waals surface area contributed by atoms with Gasteiger partial charge in [0, 0.05) is 23.9 Å². The molecule has 1 aromatic carbocycles. The molecule has 0 aliphatic carbocycles. The van der Waals surface area contributed by atoms with Crippen LogP contribution in [0.5, 0.6) is 5.75 Å². The van der Waals surface area contributed by atoms with Crippen LogP contribution < -0.4 is 4.74 Å². The summed E-state index contributed by atoms with van der Waals surface area (Å²) >= 11 is 0. The number of benzene rings is 1. The van der Waals surface area contributed by atoms with E-state index in [1.165, 1.54) is 12.1 Å². The third kappa shape index (κ3) is 4.06. The second-order valence-electron chi connectivity index (χ2n) is 4.40. The van der Waals surface area contributed by atoms with Crippen LogP contribution in [0.25, 0.3) is 0 Å². The summed E-state index contributed by atoms with van der Waals surface area (Å²) in [6.45, 7) is 1.78. The zero-order valence-electron chi connectivity index (χ0n) is 10.1. The molecule has 0 spiro atoms. The van der Waals surface area contributed by atoms with Crippen LogP contribution in [-0.2, 0) is 13.8 Å². The molecule has 0 bridgehead atoms. The fourth-order valence-corrected chi connectivity index (χ4v) is 2.63. The monoisotopic (exact) mass is 308 g/mol. The maximum atomic E-state index is 13.7. The van der Waals surface area contributed by atoms with Gasteiger partial charge in [-0.05, 0) is 37.0 Å². The molecule has 1 saturated heterocycles. The molecule has 2 rings (SSSR count). The first-order valence-electron chi connectivity index (χ1n) is 5.91. The van der Waals surface area contributed by atoms with Crippen molar-refractivity contribution in [3.63, 3.8) is 0 Å². The molecule has 1 aliphatic heterocycles. The molecule has 1 aromatic rings. The second-order valence-corrected chi connectivity index (χ2v) is 6.96. The molecular weight excluding hydrogens is 295 g/mol. The maximum absolute atomic E-state index is 13.7. The van der Waals surface area contributed by atoms with Gasteiger partial charge in [0.2, 0.25) is 0 Å². The molecule has 19 heavy (non-hydrogen) atoms. The number of ether oxygens (including phenoxy) is 2. The van der Waals surface area contributed by atoms with Gasteiger partial charge in [0.1, 0.15) is 0 Å². The Morgan fingerprint density at radius 2 is 2.05 bits per heavy atom. The predicted molar refractivity (Wildman–Crippen MR) is 68.5 cm³/mol. The van der Waals surface area contributed by atoms with E-state index in [1.54, 1.807) is 0 Å². The van der Waals surface area contributed by atoms with Gasteiger partial charge in [-0.3, -0.25) is 0 Å². The molecule has 0 N–H and O–H groups in total. The summed E-state index contributed by atoms with van der Waals surface area (Å²) in [5, 5.41) is 0. The van der Waals surface area contributed by atoms with Crippen molar-refractivity contribution in [2.45, 2.75) is 17.7 Å². The molecule has 0 aromatic heterocycles. The van der Waals surface area contributed by atoms with Crippen LogP contribution in [-0.4, -0.2) is 28.2 Å². The summed E-state index contributed by atoms with van der Waals surface area (Å²) in [5.41, 5.74) is 0. The molecule has 7 heteroatoms. The summed E-state index contributed by atoms with van der Waals surface area (Å²) in [7, 11) is 1.22. The molecule has 0 radical (unpaired) electrons. The topological polar surface area (TPSA) is 52.6 Å². The van der Waals surface area contributed by atoms with Crippen LogP contribution in [0.15, 0.2) is 23.1 Å². The highest BCUT2D eigenvalue weighted by Crippen LogP contribution is 2.24. The Bertz CT molecular complexity index is 541. The largest absolute Gasteiger partial charge is 0.490 e. The molecule has 1 aliphatic rings. The lowest BCUT2D eigenvalue weighted by Crippen LogP contribution is -2.21. The zero-order valence-corrected chi connectivity index (χ0v) is 11.7. The van der Waals surface area contributed by atoms with Gasteiger partial charge in [0.15, 0.2) is 11.6 Å². The van der Waals surface area contributed by atoms with Crippen molar-refractivity contribution in [3.05, 3.63) is 24.0 Å². The van der Waals surface area contributed by atoms with E-state index in [9.17, 15) is 12.8 Å². The average molecular weight is 309 g/mol. The van der Waals surface area contributed by atoms with E-state index in [4.69, 9.17) is 20.2 Å². The van der Waals surface area contributed by atoms with E-state index in [2.05, 4.69) is 0 Å². The van der Waals surface area contributed by atoms with Crippen molar-refractivity contribution in [2.24, 2.45) is 5.92 Å². The molecule has 0 amide bonds. The summed E-state index contributed by atoms with van der Waals surface area (Å²) < 4.78 is 46.3. The molecule has 1 heterocycles. The first kappa shape index (κ1) is 14.6. The van der Waals surface area contributed by atoms with Gasteiger partial charge in [0.05, 0.1) is 11.5 Å². The number of hydrogen-bond donors (Lipinski definition) is 0. The van der Waals surface area contributed by atoms with Crippen LogP contribution in [0.2, 0.25) is 0 Å². The van der Waals surface area contributed by atoms with Crippen LogP contribution in [0, 0.1) is 11.7 Å². The van der Waals surface area contributed by atoms with Crippen LogP contribution in [0.4, 0.5) is 4.39 Å². The van der Waals surface area contributed by atoms with Crippen LogP contribution in [0.3, 0.4) is 0 Å². The Morgan fingerprint density at radius 1 is 1.37 bits per heavy atom. The minimum Gasteiger partial charge on any atom is -0.490 e. The predicted octanol–water partition coefficient (Wildman–Crippen LogP) is 2.56. The Balaban J connectivity index is 2.01. The first-order valence-corrected chi connectivity index (χ1v) is 8.22. The highest BCUT2D eigenvalue weighted by Gasteiger charge is 2.17. The number of hydrogen-bond acceptors (Lipinski definition) is 4. The highest BCUT2D eigenvalue weighted by atomic mass is 35.7. The van der Waals surface area contributed by atoms with Crippen molar-refractivity contribution < 1.29 is 22.3 Å². The zero-order chi connectivity index (χ0) is 13.9. The SMILES string of the molecule is O=S(=O)(Cl)c1ccc(OCC2CCOCC2)c(F)c1. The Hall–Kier alpha value is -0.850. The summed E-state index contributed by atoms with van der Waals surface area (Å²) in [6.07, 6.45) is 1.77. The molecule has 1 fully saturated rings. The van der Waals surface area contributed by atoms with Crippen LogP contribution in [0.1, 0.15) is 12.8 Å². The third-order valence-corrected chi connectivity index (χ3v) is 4.35. The number of rotatable bonds is 4. The minimum atomic E-state index is -3.92. The van der Waals surface area contributed by atoms with Crippen molar-refractivity contribution in [1.82, 2.24) is 0 Å². The quantitative estimate of drug-likeness (QED) is 0.802. The molecule has 0 atom stereocenters. The van der Waals surface area contributed by atoms with Crippen molar-refractivity contribution in [3.8, 4) is 5.75 Å². The normalized spacial score (nSPS) is 17.4. The average Bonchev–Trinajstić information content (AvgIpc) is 2.37. The highest BCUT2D eigenvalue weighted by molar-refractivity contribution is 8.13. The Labute approximate surface area is 115 Å². The van der Waals surface area contributed by atoms with Crippen molar-refractivity contribution in [2.75, 3.05) is 19.8 Å². The fourth-order valence-electron chi connectivity index (χ4n) is 1.87. The summed E-state index contributed by atoms with van der Waals surface area (Å²) in [6, 6.07) is 3.37. The lowest BCUT2D eigenvalue weighted by atomic mass is 10.0. The van der Waals surface area contributed by atoms with Gasteiger partial charge >= 0.3 is 0 Å². The van der Waals surface area contributed by atoms with E-state index in [-0.39, 0.29) is 10.6 Å². The van der Waals surface area contributed by atoms with E-state index < -0.39 is 14.9 Å². The molecule has 0 unspecified atom stereocenters. The van der Waals surface area contributed by atoms with E-state index in [0.717, 1.165) is 18.9 Å². The standard InChI is InChI=1S/C12H14ClFO4S/c13-19(15,16)10-1-2-12(11(14)7-10)18-8-9-3-5-17-6-4-9/h1-2,7,9H,3-6,8H2. The smallest absolute Gasteiger partial charge is 0.261 e. The van der Waals surface area contributed by atoms with Crippen molar-refractivity contribution in [1.29, 1.82) is 0 Å². The van der Waals surface area contributed by atoms with Crippen molar-refractivity contribution >= 4 is 19.7 Å². The van der Waals surface area contributed by atoms with Gasteiger partial charge in [0.25, 0.3) is 9.05 Å². The third-order valence-electron chi connectivity index (χ3n) is 3.00. The first-order chi connectivity index (χ1) is 8.97. The van der Waals surface area contributed by atoms with Gasteiger partial charge in [-0.1, -0.05) is 0 Å². The lowest BCUT2D eigenvalue weighted by molar-refractivity contribution is 0.0491. The molecule has 106 valence electrons. The minimum absolute atomic E-state index is 0.0376. The second kappa shape index (κ2) is 6.07.